The van der Waals surface area contributed by atoms with Crippen molar-refractivity contribution in [1.29, 1.82) is 0 Å². The average Bonchev–Trinajstić information content (AvgIpc) is 3.08. The van der Waals surface area contributed by atoms with Crippen LogP contribution in [0.15, 0.2) is 12.2 Å². The molecule has 0 amide bonds. The second kappa shape index (κ2) is 8.46. The smallest absolute Gasteiger partial charge is 0.312 e. The van der Waals surface area contributed by atoms with E-state index in [1.165, 1.54) is 44.9 Å². The Kier molecular flexibility index (Phi) is 6.58. The van der Waals surface area contributed by atoms with Crippen molar-refractivity contribution in [3.63, 3.8) is 0 Å². The molecule has 0 saturated carbocycles. The van der Waals surface area contributed by atoms with Crippen molar-refractivity contribution < 1.29 is 14.3 Å². The highest BCUT2D eigenvalue weighted by molar-refractivity contribution is 5.74. The van der Waals surface area contributed by atoms with Gasteiger partial charge in [-0.2, -0.15) is 0 Å². The van der Waals surface area contributed by atoms with Gasteiger partial charge in [-0.15, -0.1) is 0 Å². The van der Waals surface area contributed by atoms with Crippen molar-refractivity contribution in [2.24, 2.45) is 5.92 Å². The van der Waals surface area contributed by atoms with E-state index in [-0.39, 0.29) is 24.1 Å². The molecule has 114 valence electrons. The minimum absolute atomic E-state index is 0.0222. The van der Waals surface area contributed by atoms with E-state index in [9.17, 15) is 4.79 Å². The van der Waals surface area contributed by atoms with Gasteiger partial charge in [0.25, 0.3) is 0 Å². The van der Waals surface area contributed by atoms with Crippen molar-refractivity contribution in [2.45, 2.75) is 76.9 Å². The predicted molar refractivity (Wildman–Crippen MR) is 79.5 cm³/mol. The van der Waals surface area contributed by atoms with E-state index in [2.05, 4.69) is 6.92 Å². The van der Waals surface area contributed by atoms with Gasteiger partial charge in [0.05, 0.1) is 24.7 Å². The number of unbranched alkanes of at least 4 members (excludes halogenated alkanes) is 7. The first-order chi connectivity index (χ1) is 9.81. The van der Waals surface area contributed by atoms with Crippen LogP contribution in [-0.4, -0.2) is 24.8 Å². The topological polar surface area (TPSA) is 35.5 Å². The number of hydrogen-bond acceptors (Lipinski definition) is 3. The molecule has 0 aliphatic carbocycles. The summed E-state index contributed by atoms with van der Waals surface area (Å²) in [5.41, 5.74) is 0. The van der Waals surface area contributed by atoms with Gasteiger partial charge in [-0.1, -0.05) is 64.0 Å². The molecule has 2 aliphatic rings. The molecule has 3 atom stereocenters. The van der Waals surface area contributed by atoms with Crippen LogP contribution in [-0.2, 0) is 14.3 Å². The van der Waals surface area contributed by atoms with E-state index in [0.29, 0.717) is 6.61 Å². The Bertz CT molecular complexity index is 324. The van der Waals surface area contributed by atoms with E-state index in [1.807, 2.05) is 12.2 Å². The van der Waals surface area contributed by atoms with Crippen LogP contribution in [0.1, 0.15) is 64.7 Å². The molecule has 0 N–H and O–H groups in total. The standard InChI is InChI=1S/C17H28O3/c1-2-3-4-5-6-7-8-9-12-19-17(18)15-13-14-10-11-16(15)20-14/h10-11,14-16H,2-9,12-13H2,1H3. The molecule has 0 spiro atoms. The van der Waals surface area contributed by atoms with Crippen molar-refractivity contribution in [3.05, 3.63) is 12.2 Å². The van der Waals surface area contributed by atoms with Gasteiger partial charge in [0.15, 0.2) is 0 Å². The number of esters is 1. The van der Waals surface area contributed by atoms with Crippen LogP contribution in [0.25, 0.3) is 0 Å². The highest BCUT2D eigenvalue weighted by atomic mass is 16.5. The summed E-state index contributed by atoms with van der Waals surface area (Å²) in [6.45, 7) is 2.82. The predicted octanol–water partition coefficient (Wildman–Crippen LogP) is 4.01. The monoisotopic (exact) mass is 280 g/mol. The molecule has 0 radical (unpaired) electrons. The van der Waals surface area contributed by atoms with Crippen LogP contribution >= 0.6 is 0 Å². The lowest BCUT2D eigenvalue weighted by Crippen LogP contribution is -2.25. The van der Waals surface area contributed by atoms with Crippen LogP contribution in [0.2, 0.25) is 0 Å². The molecule has 1 fully saturated rings. The number of ether oxygens (including phenoxy) is 2. The van der Waals surface area contributed by atoms with Gasteiger partial charge in [-0.3, -0.25) is 4.79 Å². The molecular formula is C17H28O3. The normalized spacial score (nSPS) is 27.1. The molecule has 0 aromatic rings. The van der Waals surface area contributed by atoms with Crippen molar-refractivity contribution >= 4 is 5.97 Å². The molecule has 3 unspecified atom stereocenters. The van der Waals surface area contributed by atoms with Crippen LogP contribution in [0.4, 0.5) is 0 Å². The van der Waals surface area contributed by atoms with Crippen LogP contribution in [0.5, 0.6) is 0 Å². The Morgan fingerprint density at radius 2 is 1.80 bits per heavy atom. The molecule has 0 aromatic heterocycles. The summed E-state index contributed by atoms with van der Waals surface area (Å²) in [6.07, 6.45) is 15.1. The molecule has 2 heterocycles. The summed E-state index contributed by atoms with van der Waals surface area (Å²) in [6, 6.07) is 0. The second-order valence-corrected chi connectivity index (χ2v) is 6.01. The molecule has 3 heteroatoms. The van der Waals surface area contributed by atoms with Gasteiger partial charge in [-0.25, -0.2) is 0 Å². The fraction of sp³-hybridized carbons (Fsp3) is 0.824. The molecule has 3 nitrogen and oxygen atoms in total. The number of carbonyl (C=O) groups excluding carboxylic acids is 1. The Morgan fingerprint density at radius 3 is 2.40 bits per heavy atom. The molecule has 1 saturated heterocycles. The zero-order valence-electron chi connectivity index (χ0n) is 12.7. The van der Waals surface area contributed by atoms with Crippen molar-refractivity contribution in [3.8, 4) is 0 Å². The van der Waals surface area contributed by atoms with Crippen LogP contribution in [0.3, 0.4) is 0 Å². The molecule has 2 bridgehead atoms. The third-order valence-electron chi connectivity index (χ3n) is 4.28. The maximum atomic E-state index is 11.9. The molecule has 2 aliphatic heterocycles. The first-order valence-corrected chi connectivity index (χ1v) is 8.31. The summed E-state index contributed by atoms with van der Waals surface area (Å²) in [4.78, 5) is 11.9. The van der Waals surface area contributed by atoms with E-state index in [4.69, 9.17) is 9.47 Å². The molecule has 20 heavy (non-hydrogen) atoms. The third-order valence-corrected chi connectivity index (χ3v) is 4.28. The van der Waals surface area contributed by atoms with Gasteiger partial charge in [-0.05, 0) is 12.8 Å². The van der Waals surface area contributed by atoms with Gasteiger partial charge in [0.1, 0.15) is 0 Å². The third kappa shape index (κ3) is 4.62. The van der Waals surface area contributed by atoms with Gasteiger partial charge < -0.3 is 9.47 Å². The zero-order valence-corrected chi connectivity index (χ0v) is 12.7. The SMILES string of the molecule is CCCCCCCCCCOC(=O)C1CC2C=CC1O2. The molecule has 0 aromatic carbocycles. The number of hydrogen-bond donors (Lipinski definition) is 0. The number of fused-ring (bicyclic) bond motifs is 2. The first-order valence-electron chi connectivity index (χ1n) is 8.31. The Labute approximate surface area is 122 Å². The highest BCUT2D eigenvalue weighted by Gasteiger charge is 2.41. The lowest BCUT2D eigenvalue weighted by molar-refractivity contribution is -0.149. The maximum Gasteiger partial charge on any atom is 0.312 e. The lowest BCUT2D eigenvalue weighted by atomic mass is 9.95. The number of carbonyl (C=O) groups is 1. The van der Waals surface area contributed by atoms with Gasteiger partial charge in [0, 0.05) is 0 Å². The van der Waals surface area contributed by atoms with Crippen LogP contribution in [0, 0.1) is 5.92 Å². The van der Waals surface area contributed by atoms with Crippen molar-refractivity contribution in [2.75, 3.05) is 6.61 Å². The van der Waals surface area contributed by atoms with E-state index < -0.39 is 0 Å². The lowest BCUT2D eigenvalue weighted by Gasteiger charge is -2.14. The Hall–Kier alpha value is -0.830. The first kappa shape index (κ1) is 15.6. The fourth-order valence-electron chi connectivity index (χ4n) is 3.02. The van der Waals surface area contributed by atoms with Crippen LogP contribution < -0.4 is 0 Å². The quantitative estimate of drug-likeness (QED) is 0.344. The summed E-state index contributed by atoms with van der Waals surface area (Å²) in [5.74, 6) is -0.121. The minimum atomic E-state index is -0.0650. The summed E-state index contributed by atoms with van der Waals surface area (Å²) in [5, 5.41) is 0. The van der Waals surface area contributed by atoms with Gasteiger partial charge >= 0.3 is 5.97 Å². The minimum Gasteiger partial charge on any atom is -0.465 e. The molecule has 2 rings (SSSR count). The zero-order chi connectivity index (χ0) is 14.2. The maximum absolute atomic E-state index is 11.9. The van der Waals surface area contributed by atoms with Gasteiger partial charge in [0.2, 0.25) is 0 Å². The van der Waals surface area contributed by atoms with E-state index >= 15 is 0 Å². The molecular weight excluding hydrogens is 252 g/mol. The number of rotatable bonds is 10. The van der Waals surface area contributed by atoms with E-state index in [0.717, 1.165) is 12.8 Å². The highest BCUT2D eigenvalue weighted by Crippen LogP contribution is 2.34. The van der Waals surface area contributed by atoms with E-state index in [1.54, 1.807) is 0 Å². The summed E-state index contributed by atoms with van der Waals surface area (Å²) >= 11 is 0. The summed E-state index contributed by atoms with van der Waals surface area (Å²) < 4.78 is 11.0. The Morgan fingerprint density at radius 1 is 1.10 bits per heavy atom. The van der Waals surface area contributed by atoms with Crippen molar-refractivity contribution in [1.82, 2.24) is 0 Å². The fourth-order valence-corrected chi connectivity index (χ4v) is 3.02. The Balaban J connectivity index is 1.43. The second-order valence-electron chi connectivity index (χ2n) is 6.01. The average molecular weight is 280 g/mol. The summed E-state index contributed by atoms with van der Waals surface area (Å²) in [7, 11) is 0. The largest absolute Gasteiger partial charge is 0.465 e.